The molecule has 1 heterocycles. The molecule has 0 saturated heterocycles. The minimum atomic E-state index is -0.794. The molecule has 6 heteroatoms. The molecule has 2 rings (SSSR count). The van der Waals surface area contributed by atoms with Crippen LogP contribution in [0.3, 0.4) is 0 Å². The van der Waals surface area contributed by atoms with Crippen LogP contribution in [0, 0.1) is 11.3 Å². The zero-order chi connectivity index (χ0) is 13.8. The van der Waals surface area contributed by atoms with Gasteiger partial charge < -0.3 is 4.57 Å². The smallest absolute Gasteiger partial charge is 0.124 e. The predicted molar refractivity (Wildman–Crippen MR) is 77.6 cm³/mol. The Hall–Kier alpha value is -1.38. The van der Waals surface area contributed by atoms with Crippen molar-refractivity contribution < 1.29 is 4.21 Å². The van der Waals surface area contributed by atoms with Gasteiger partial charge in [-0.2, -0.15) is 5.26 Å². The summed E-state index contributed by atoms with van der Waals surface area (Å²) >= 11 is 5.91. The van der Waals surface area contributed by atoms with Gasteiger partial charge in [0, 0.05) is 29.4 Å². The van der Waals surface area contributed by atoms with Gasteiger partial charge in [0.2, 0.25) is 0 Å². The van der Waals surface area contributed by atoms with E-state index in [1.165, 1.54) is 0 Å². The molecule has 0 aliphatic carbocycles. The first kappa shape index (κ1) is 14.0. The Morgan fingerprint density at radius 3 is 2.95 bits per heavy atom. The molecule has 2 aromatic rings. The molecule has 0 amide bonds. The Balaban J connectivity index is 2.41. The third kappa shape index (κ3) is 2.96. The maximum Gasteiger partial charge on any atom is 0.124 e. The predicted octanol–water partition coefficient (Wildman–Crippen LogP) is 2.42. The molecule has 0 N–H and O–H groups in total. The summed E-state index contributed by atoms with van der Waals surface area (Å²) in [5.41, 5.74) is 2.16. The molecule has 19 heavy (non-hydrogen) atoms. The number of halogens is 1. The molecule has 4 nitrogen and oxygen atoms in total. The highest BCUT2D eigenvalue weighted by Crippen LogP contribution is 2.21. The van der Waals surface area contributed by atoms with Gasteiger partial charge in [-0.05, 0) is 18.6 Å². The summed E-state index contributed by atoms with van der Waals surface area (Å²) < 4.78 is 13.1. The summed E-state index contributed by atoms with van der Waals surface area (Å²) in [7, 11) is -0.794. The van der Waals surface area contributed by atoms with Crippen molar-refractivity contribution in [2.75, 3.05) is 12.0 Å². The van der Waals surface area contributed by atoms with E-state index < -0.39 is 10.8 Å². The fourth-order valence-electron chi connectivity index (χ4n) is 2.06. The van der Waals surface area contributed by atoms with E-state index in [2.05, 4.69) is 11.1 Å². The Morgan fingerprint density at radius 1 is 1.53 bits per heavy atom. The third-order valence-electron chi connectivity index (χ3n) is 2.91. The lowest BCUT2D eigenvalue weighted by Gasteiger charge is -2.06. The van der Waals surface area contributed by atoms with Crippen LogP contribution < -0.4 is 0 Å². The molecular weight excluding hydrogens is 282 g/mol. The molecule has 0 bridgehead atoms. The fraction of sp³-hybridized carbons (Fsp3) is 0.385. The summed E-state index contributed by atoms with van der Waals surface area (Å²) in [6.07, 6.45) is 2.50. The van der Waals surface area contributed by atoms with Crippen LogP contribution in [0.1, 0.15) is 17.8 Å². The quantitative estimate of drug-likeness (QED) is 0.796. The van der Waals surface area contributed by atoms with Gasteiger partial charge in [-0.15, -0.1) is 11.6 Å². The lowest BCUT2D eigenvalue weighted by molar-refractivity contribution is 0.657. The van der Waals surface area contributed by atoms with Crippen molar-refractivity contribution in [2.24, 2.45) is 0 Å². The first-order chi connectivity index (χ1) is 9.17. The van der Waals surface area contributed by atoms with E-state index in [9.17, 15) is 4.21 Å². The number of fused-ring (bicyclic) bond motifs is 1. The van der Waals surface area contributed by atoms with Gasteiger partial charge in [-0.25, -0.2) is 4.98 Å². The van der Waals surface area contributed by atoms with Crippen LogP contribution in [0.5, 0.6) is 0 Å². The lowest BCUT2D eigenvalue weighted by atomic mass is 10.2. The van der Waals surface area contributed by atoms with Crippen molar-refractivity contribution >= 4 is 33.4 Å². The van der Waals surface area contributed by atoms with Gasteiger partial charge in [0.05, 0.1) is 17.0 Å². The van der Waals surface area contributed by atoms with Crippen LogP contribution in [-0.4, -0.2) is 25.8 Å². The molecule has 1 unspecified atom stereocenters. The van der Waals surface area contributed by atoms with Crippen LogP contribution in [0.15, 0.2) is 18.2 Å². The minimum Gasteiger partial charge on any atom is -0.327 e. The zero-order valence-electron chi connectivity index (χ0n) is 10.6. The van der Waals surface area contributed by atoms with E-state index in [1.807, 2.05) is 16.7 Å². The molecule has 1 atom stereocenters. The zero-order valence-corrected chi connectivity index (χ0v) is 12.2. The third-order valence-corrected chi connectivity index (χ3v) is 4.01. The van der Waals surface area contributed by atoms with Crippen LogP contribution in [0.2, 0.25) is 0 Å². The largest absolute Gasteiger partial charge is 0.327 e. The Morgan fingerprint density at radius 2 is 2.32 bits per heavy atom. The number of hydrogen-bond acceptors (Lipinski definition) is 3. The van der Waals surface area contributed by atoms with E-state index in [4.69, 9.17) is 16.9 Å². The topological polar surface area (TPSA) is 58.7 Å². The van der Waals surface area contributed by atoms with Gasteiger partial charge in [0.1, 0.15) is 17.4 Å². The molecule has 1 aromatic carbocycles. The molecular formula is C13H14ClN3OS. The second-order valence-corrected chi connectivity index (χ2v) is 6.05. The Labute approximate surface area is 119 Å². The van der Waals surface area contributed by atoms with Crippen LogP contribution in [0.4, 0.5) is 0 Å². The van der Waals surface area contributed by atoms with Crippen LogP contribution >= 0.6 is 11.6 Å². The van der Waals surface area contributed by atoms with Gasteiger partial charge in [0.25, 0.3) is 0 Å². The van der Waals surface area contributed by atoms with E-state index in [0.717, 1.165) is 17.8 Å². The summed E-state index contributed by atoms with van der Waals surface area (Å²) in [5, 5.41) is 9.08. The summed E-state index contributed by atoms with van der Waals surface area (Å²) in [4.78, 5) is 4.43. The van der Waals surface area contributed by atoms with Gasteiger partial charge in [-0.1, -0.05) is 6.07 Å². The molecule has 0 aliphatic rings. The van der Waals surface area contributed by atoms with Crippen LogP contribution in [0.25, 0.3) is 11.0 Å². The summed E-state index contributed by atoms with van der Waals surface area (Å²) in [6.45, 7) is 0.715. The second kappa shape index (κ2) is 6.18. The highest BCUT2D eigenvalue weighted by molar-refractivity contribution is 7.84. The number of aryl methyl sites for hydroxylation is 1. The number of nitrogens with zero attached hydrogens (tertiary/aromatic N) is 3. The van der Waals surface area contributed by atoms with Crippen molar-refractivity contribution in [3.05, 3.63) is 29.6 Å². The number of alkyl halides is 1. The van der Waals surface area contributed by atoms with Gasteiger partial charge >= 0.3 is 0 Å². The molecule has 0 spiro atoms. The average molecular weight is 296 g/mol. The van der Waals surface area contributed by atoms with Crippen LogP contribution in [-0.2, 0) is 23.2 Å². The average Bonchev–Trinajstić information content (AvgIpc) is 2.76. The second-order valence-electron chi connectivity index (χ2n) is 4.23. The maximum atomic E-state index is 11.1. The lowest BCUT2D eigenvalue weighted by Crippen LogP contribution is -2.06. The Bertz CT molecular complexity index is 660. The van der Waals surface area contributed by atoms with Crippen molar-refractivity contribution in [3.63, 3.8) is 0 Å². The summed E-state index contributed by atoms with van der Waals surface area (Å²) in [6, 6.07) is 7.67. The standard InChI is InChI=1S/C13H14ClN3OS/c1-19(18)7-3-6-17-11-5-2-4-10(9-15)13(11)16-12(17)8-14/h2,4-5H,3,6-8H2,1H3. The molecule has 0 aliphatic heterocycles. The highest BCUT2D eigenvalue weighted by Gasteiger charge is 2.12. The number of para-hydroxylation sites is 1. The molecule has 0 radical (unpaired) electrons. The molecule has 0 saturated carbocycles. The van der Waals surface area contributed by atoms with Gasteiger partial charge in [-0.3, -0.25) is 4.21 Å². The fourth-order valence-corrected chi connectivity index (χ4v) is 2.80. The summed E-state index contributed by atoms with van der Waals surface area (Å²) in [5.74, 6) is 1.70. The van der Waals surface area contributed by atoms with Crippen molar-refractivity contribution in [1.82, 2.24) is 9.55 Å². The molecule has 100 valence electrons. The van der Waals surface area contributed by atoms with Crippen molar-refractivity contribution in [2.45, 2.75) is 18.8 Å². The SMILES string of the molecule is CS(=O)CCCn1c(CCl)nc2c(C#N)cccc21. The maximum absolute atomic E-state index is 11.1. The van der Waals surface area contributed by atoms with Crippen molar-refractivity contribution in [3.8, 4) is 6.07 Å². The van der Waals surface area contributed by atoms with E-state index in [1.54, 1.807) is 12.3 Å². The number of benzene rings is 1. The number of rotatable bonds is 5. The number of imidazole rings is 1. The highest BCUT2D eigenvalue weighted by atomic mass is 35.5. The molecule has 1 aromatic heterocycles. The number of aromatic nitrogens is 2. The van der Waals surface area contributed by atoms with E-state index in [-0.39, 0.29) is 0 Å². The van der Waals surface area contributed by atoms with E-state index in [0.29, 0.717) is 29.3 Å². The minimum absolute atomic E-state index is 0.300. The van der Waals surface area contributed by atoms with Gasteiger partial charge in [0.15, 0.2) is 0 Å². The number of hydrogen-bond donors (Lipinski definition) is 0. The van der Waals surface area contributed by atoms with Crippen molar-refractivity contribution in [1.29, 1.82) is 5.26 Å². The Kier molecular flexibility index (Phi) is 4.56. The van der Waals surface area contributed by atoms with E-state index >= 15 is 0 Å². The number of nitriles is 1. The molecule has 0 fully saturated rings. The monoisotopic (exact) mass is 295 g/mol. The normalized spacial score (nSPS) is 12.5. The first-order valence-electron chi connectivity index (χ1n) is 5.91. The first-order valence-corrected chi connectivity index (χ1v) is 8.17.